The Bertz CT molecular complexity index is 686. The first-order chi connectivity index (χ1) is 9.90. The molecule has 3 aromatic rings. The number of unbranched alkanes of at least 4 members (excludes halogenated alkanes) is 1. The predicted molar refractivity (Wildman–Crippen MR) is 87.7 cm³/mol. The van der Waals surface area contributed by atoms with E-state index in [1.54, 1.807) is 11.3 Å². The third kappa shape index (κ3) is 2.56. The standard InChI is InChI=1S/C18H18OS/c1-2-3-11-19-18-16-7-5-4-6-14(16)8-9-17(18)15-10-12-20-13-15/h4-10,12-13H,2-3,11H2,1H3. The molecule has 102 valence electrons. The molecule has 0 radical (unpaired) electrons. The molecule has 2 aromatic carbocycles. The molecule has 1 heterocycles. The van der Waals surface area contributed by atoms with Crippen LogP contribution in [0.1, 0.15) is 19.8 Å². The maximum atomic E-state index is 6.12. The van der Waals surface area contributed by atoms with Crippen molar-refractivity contribution in [3.05, 3.63) is 53.2 Å². The molecule has 2 heteroatoms. The first kappa shape index (κ1) is 13.2. The van der Waals surface area contributed by atoms with Gasteiger partial charge in [0, 0.05) is 10.9 Å². The van der Waals surface area contributed by atoms with Crippen molar-refractivity contribution in [1.82, 2.24) is 0 Å². The predicted octanol–water partition coefficient (Wildman–Crippen LogP) is 5.75. The monoisotopic (exact) mass is 282 g/mol. The second kappa shape index (κ2) is 6.10. The molecule has 0 bridgehead atoms. The Labute approximate surface area is 123 Å². The molecule has 0 N–H and O–H groups in total. The van der Waals surface area contributed by atoms with E-state index in [1.807, 2.05) is 0 Å². The van der Waals surface area contributed by atoms with Crippen LogP contribution in [-0.2, 0) is 0 Å². The van der Waals surface area contributed by atoms with Crippen molar-refractivity contribution in [2.75, 3.05) is 6.61 Å². The van der Waals surface area contributed by atoms with E-state index in [4.69, 9.17) is 4.74 Å². The summed E-state index contributed by atoms with van der Waals surface area (Å²) in [6.45, 7) is 2.97. The molecule has 0 amide bonds. The molecule has 1 nitrogen and oxygen atoms in total. The number of hydrogen-bond donors (Lipinski definition) is 0. The van der Waals surface area contributed by atoms with Gasteiger partial charge >= 0.3 is 0 Å². The maximum Gasteiger partial charge on any atom is 0.134 e. The van der Waals surface area contributed by atoms with Gasteiger partial charge in [-0.2, -0.15) is 11.3 Å². The van der Waals surface area contributed by atoms with Gasteiger partial charge in [0.15, 0.2) is 0 Å². The lowest BCUT2D eigenvalue weighted by molar-refractivity contribution is 0.314. The van der Waals surface area contributed by atoms with E-state index in [1.165, 1.54) is 21.9 Å². The normalized spacial score (nSPS) is 10.8. The van der Waals surface area contributed by atoms with Crippen molar-refractivity contribution in [3.8, 4) is 16.9 Å². The molecule has 1 aromatic heterocycles. The number of rotatable bonds is 5. The van der Waals surface area contributed by atoms with Crippen LogP contribution < -0.4 is 4.74 Å². The maximum absolute atomic E-state index is 6.12. The number of thiophene rings is 1. The van der Waals surface area contributed by atoms with Gasteiger partial charge in [-0.3, -0.25) is 0 Å². The minimum absolute atomic E-state index is 0.779. The fourth-order valence-electron chi connectivity index (χ4n) is 2.36. The third-order valence-electron chi connectivity index (χ3n) is 3.46. The first-order valence-electron chi connectivity index (χ1n) is 7.07. The Kier molecular flexibility index (Phi) is 4.03. The van der Waals surface area contributed by atoms with Crippen molar-refractivity contribution >= 4 is 22.1 Å². The van der Waals surface area contributed by atoms with E-state index in [2.05, 4.69) is 60.1 Å². The van der Waals surface area contributed by atoms with Crippen LogP contribution in [0.3, 0.4) is 0 Å². The van der Waals surface area contributed by atoms with Crippen LogP contribution in [0.4, 0.5) is 0 Å². The van der Waals surface area contributed by atoms with E-state index >= 15 is 0 Å². The smallest absolute Gasteiger partial charge is 0.134 e. The van der Waals surface area contributed by atoms with Gasteiger partial charge < -0.3 is 4.74 Å². The van der Waals surface area contributed by atoms with Crippen LogP contribution in [0, 0.1) is 0 Å². The van der Waals surface area contributed by atoms with Gasteiger partial charge in [-0.1, -0.05) is 43.7 Å². The second-order valence-corrected chi connectivity index (χ2v) is 5.66. The summed E-state index contributed by atoms with van der Waals surface area (Å²) in [6, 6.07) is 14.9. The van der Waals surface area contributed by atoms with Gasteiger partial charge in [0.25, 0.3) is 0 Å². The van der Waals surface area contributed by atoms with Crippen molar-refractivity contribution in [2.24, 2.45) is 0 Å². The fourth-order valence-corrected chi connectivity index (χ4v) is 3.02. The Morgan fingerprint density at radius 1 is 1.05 bits per heavy atom. The number of benzene rings is 2. The third-order valence-corrected chi connectivity index (χ3v) is 4.14. The summed E-state index contributed by atoms with van der Waals surface area (Å²) in [7, 11) is 0. The molecule has 0 spiro atoms. The average molecular weight is 282 g/mol. The van der Waals surface area contributed by atoms with Crippen LogP contribution in [0.2, 0.25) is 0 Å². The largest absolute Gasteiger partial charge is 0.492 e. The quantitative estimate of drug-likeness (QED) is 0.542. The van der Waals surface area contributed by atoms with Gasteiger partial charge in [-0.05, 0) is 40.3 Å². The lowest BCUT2D eigenvalue weighted by Crippen LogP contribution is -1.98. The molecule has 0 aliphatic heterocycles. The number of ether oxygens (including phenoxy) is 1. The number of fused-ring (bicyclic) bond motifs is 1. The van der Waals surface area contributed by atoms with Crippen molar-refractivity contribution in [3.63, 3.8) is 0 Å². The highest BCUT2D eigenvalue weighted by molar-refractivity contribution is 7.08. The molecule has 0 atom stereocenters. The fraction of sp³-hybridized carbons (Fsp3) is 0.222. The Balaban J connectivity index is 2.11. The van der Waals surface area contributed by atoms with E-state index in [-0.39, 0.29) is 0 Å². The SMILES string of the molecule is CCCCOc1c(-c2ccsc2)ccc2ccccc12. The Morgan fingerprint density at radius 3 is 2.75 bits per heavy atom. The topological polar surface area (TPSA) is 9.23 Å². The highest BCUT2D eigenvalue weighted by atomic mass is 32.1. The Hall–Kier alpha value is -1.80. The molecule has 0 fully saturated rings. The molecule has 20 heavy (non-hydrogen) atoms. The number of hydrogen-bond acceptors (Lipinski definition) is 2. The van der Waals surface area contributed by atoms with Gasteiger partial charge in [-0.15, -0.1) is 0 Å². The van der Waals surface area contributed by atoms with Crippen LogP contribution in [-0.4, -0.2) is 6.61 Å². The van der Waals surface area contributed by atoms with Crippen LogP contribution >= 0.6 is 11.3 Å². The van der Waals surface area contributed by atoms with Gasteiger partial charge in [0.05, 0.1) is 6.61 Å². The minimum Gasteiger partial charge on any atom is -0.492 e. The Morgan fingerprint density at radius 2 is 1.95 bits per heavy atom. The van der Waals surface area contributed by atoms with Crippen molar-refractivity contribution in [1.29, 1.82) is 0 Å². The summed E-state index contributed by atoms with van der Waals surface area (Å²) in [5.74, 6) is 1.02. The highest BCUT2D eigenvalue weighted by Gasteiger charge is 2.11. The van der Waals surface area contributed by atoms with Crippen molar-refractivity contribution in [2.45, 2.75) is 19.8 Å². The highest BCUT2D eigenvalue weighted by Crippen LogP contribution is 2.37. The summed E-state index contributed by atoms with van der Waals surface area (Å²) in [5.41, 5.74) is 2.44. The van der Waals surface area contributed by atoms with E-state index < -0.39 is 0 Å². The lowest BCUT2D eigenvalue weighted by Gasteiger charge is -2.13. The molecule has 0 saturated carbocycles. The van der Waals surface area contributed by atoms with E-state index in [9.17, 15) is 0 Å². The van der Waals surface area contributed by atoms with Crippen LogP contribution in [0.25, 0.3) is 21.9 Å². The summed E-state index contributed by atoms with van der Waals surface area (Å²) in [5, 5.41) is 6.72. The van der Waals surface area contributed by atoms with Gasteiger partial charge in [-0.25, -0.2) is 0 Å². The molecule has 0 saturated heterocycles. The van der Waals surface area contributed by atoms with E-state index in [0.29, 0.717) is 0 Å². The molecule has 3 rings (SSSR count). The summed E-state index contributed by atoms with van der Waals surface area (Å²) >= 11 is 1.72. The molecule has 0 aliphatic carbocycles. The molecule has 0 aliphatic rings. The van der Waals surface area contributed by atoms with Gasteiger partial charge in [0.1, 0.15) is 5.75 Å². The van der Waals surface area contributed by atoms with Gasteiger partial charge in [0.2, 0.25) is 0 Å². The summed E-state index contributed by atoms with van der Waals surface area (Å²) in [4.78, 5) is 0. The molecular formula is C18H18OS. The zero-order chi connectivity index (χ0) is 13.8. The minimum atomic E-state index is 0.779. The molecule has 0 unspecified atom stereocenters. The summed E-state index contributed by atoms with van der Waals surface area (Å²) < 4.78 is 6.12. The second-order valence-electron chi connectivity index (χ2n) is 4.88. The first-order valence-corrected chi connectivity index (χ1v) is 8.01. The molecular weight excluding hydrogens is 264 g/mol. The lowest BCUT2D eigenvalue weighted by atomic mass is 10.0. The zero-order valence-corrected chi connectivity index (χ0v) is 12.5. The van der Waals surface area contributed by atoms with Crippen LogP contribution in [0.15, 0.2) is 53.2 Å². The van der Waals surface area contributed by atoms with Crippen molar-refractivity contribution < 1.29 is 4.74 Å². The average Bonchev–Trinajstić information content (AvgIpc) is 3.01. The van der Waals surface area contributed by atoms with E-state index in [0.717, 1.165) is 25.2 Å². The zero-order valence-electron chi connectivity index (χ0n) is 11.6. The van der Waals surface area contributed by atoms with Crippen LogP contribution in [0.5, 0.6) is 5.75 Å². The summed E-state index contributed by atoms with van der Waals surface area (Å²) in [6.07, 6.45) is 2.24.